The molecule has 2 aromatic rings. The van der Waals surface area contributed by atoms with Gasteiger partial charge in [-0.05, 0) is 29.5 Å². The molecule has 1 N–H and O–H groups in total. The number of hydrogen-bond acceptors (Lipinski definition) is 3. The highest BCUT2D eigenvalue weighted by atomic mass is 35.5. The summed E-state index contributed by atoms with van der Waals surface area (Å²) < 4.78 is 4.58. The molecule has 3 rings (SSSR count). The van der Waals surface area contributed by atoms with Crippen LogP contribution in [0.5, 0.6) is 5.75 Å². The number of hydrogen-bond donors (Lipinski definition) is 1. The number of alkyl halides is 2. The van der Waals surface area contributed by atoms with Crippen LogP contribution < -0.4 is 10.1 Å². The third-order valence-electron chi connectivity index (χ3n) is 4.20. The van der Waals surface area contributed by atoms with Gasteiger partial charge in [-0.2, -0.15) is 0 Å². The van der Waals surface area contributed by atoms with Crippen LogP contribution in [-0.2, 0) is 6.42 Å². The predicted octanol–water partition coefficient (Wildman–Crippen LogP) is 5.44. The zero-order valence-electron chi connectivity index (χ0n) is 14.0. The van der Waals surface area contributed by atoms with Gasteiger partial charge in [0.25, 0.3) is 0 Å². The second-order valence-electron chi connectivity index (χ2n) is 6.02. The summed E-state index contributed by atoms with van der Waals surface area (Å²) in [5.41, 5.74) is 1.15. The number of thioether (sulfide) groups is 1. The van der Waals surface area contributed by atoms with E-state index in [2.05, 4.69) is 5.32 Å². The van der Waals surface area contributed by atoms with E-state index >= 15 is 0 Å². The highest BCUT2D eigenvalue weighted by Gasteiger charge is 2.45. The number of ether oxygens (including phenoxy) is 1. The van der Waals surface area contributed by atoms with Crippen LogP contribution in [0.25, 0.3) is 0 Å². The number of allylic oxidation sites excluding steroid dienone is 1. The standard InChI is InChI=1S/C20H19Cl2NO2S/c21-18-11-12-26-20(18,22)16(13-15-7-3-1-4-8-15)14-23-19(24)25-17-9-5-2-6-10-17/h1-12,16,18H,13-14H2,(H,23,24). The van der Waals surface area contributed by atoms with Crippen molar-refractivity contribution in [1.82, 2.24) is 5.32 Å². The summed E-state index contributed by atoms with van der Waals surface area (Å²) in [4.78, 5) is 12.1. The van der Waals surface area contributed by atoms with Crippen molar-refractivity contribution in [2.24, 2.45) is 5.92 Å². The van der Waals surface area contributed by atoms with E-state index in [0.717, 1.165) is 5.56 Å². The highest BCUT2D eigenvalue weighted by Crippen LogP contribution is 2.49. The molecule has 3 unspecified atom stereocenters. The third kappa shape index (κ3) is 4.76. The van der Waals surface area contributed by atoms with Crippen molar-refractivity contribution in [3.63, 3.8) is 0 Å². The van der Waals surface area contributed by atoms with Gasteiger partial charge in [-0.15, -0.1) is 35.0 Å². The quantitative estimate of drug-likeness (QED) is 0.648. The molecule has 1 aliphatic rings. The summed E-state index contributed by atoms with van der Waals surface area (Å²) in [6.45, 7) is 0.363. The van der Waals surface area contributed by atoms with E-state index in [4.69, 9.17) is 27.9 Å². The molecular formula is C20H19Cl2NO2S. The summed E-state index contributed by atoms with van der Waals surface area (Å²) in [5, 5.41) is 4.44. The lowest BCUT2D eigenvalue weighted by atomic mass is 9.93. The Bertz CT molecular complexity index is 757. The molecule has 0 aromatic heterocycles. The van der Waals surface area contributed by atoms with E-state index in [1.165, 1.54) is 11.8 Å². The van der Waals surface area contributed by atoms with Crippen LogP contribution in [0.1, 0.15) is 5.56 Å². The van der Waals surface area contributed by atoms with Crippen LogP contribution in [0.3, 0.4) is 0 Å². The van der Waals surface area contributed by atoms with Crippen LogP contribution in [0.2, 0.25) is 0 Å². The van der Waals surface area contributed by atoms with Crippen molar-refractivity contribution in [2.75, 3.05) is 6.54 Å². The van der Waals surface area contributed by atoms with Crippen molar-refractivity contribution in [2.45, 2.75) is 16.0 Å². The Hall–Kier alpha value is -1.62. The highest BCUT2D eigenvalue weighted by molar-refractivity contribution is 8.05. The molecule has 3 nitrogen and oxygen atoms in total. The average Bonchev–Trinajstić information content (AvgIpc) is 3.00. The minimum absolute atomic E-state index is 0.0719. The number of carbonyl (C=O) groups excluding carboxylic acids is 1. The Morgan fingerprint density at radius 3 is 2.42 bits per heavy atom. The minimum Gasteiger partial charge on any atom is -0.410 e. The van der Waals surface area contributed by atoms with Gasteiger partial charge in [-0.3, -0.25) is 0 Å². The number of amides is 1. The van der Waals surface area contributed by atoms with E-state index in [9.17, 15) is 4.79 Å². The maximum atomic E-state index is 12.1. The molecule has 0 spiro atoms. The molecule has 1 amide bonds. The number of benzene rings is 2. The largest absolute Gasteiger partial charge is 0.412 e. The summed E-state index contributed by atoms with van der Waals surface area (Å²) in [7, 11) is 0. The smallest absolute Gasteiger partial charge is 0.410 e. The van der Waals surface area contributed by atoms with Gasteiger partial charge in [-0.25, -0.2) is 4.79 Å². The summed E-state index contributed by atoms with van der Waals surface area (Å²) in [5.74, 6) is 0.426. The van der Waals surface area contributed by atoms with Gasteiger partial charge in [0.15, 0.2) is 0 Å². The second-order valence-corrected chi connectivity index (χ2v) is 8.52. The first-order valence-electron chi connectivity index (χ1n) is 8.30. The SMILES string of the molecule is O=C(NCC(Cc1ccccc1)C1(Cl)SC=CC1Cl)Oc1ccccc1. The lowest BCUT2D eigenvalue weighted by Crippen LogP contribution is -2.43. The Balaban J connectivity index is 1.66. The average molecular weight is 408 g/mol. The second kappa shape index (κ2) is 8.85. The number of nitrogens with one attached hydrogen (secondary N) is 1. The fraction of sp³-hybridized carbons (Fsp3) is 0.250. The van der Waals surface area contributed by atoms with Crippen LogP contribution in [0, 0.1) is 5.92 Å². The fourth-order valence-electron chi connectivity index (χ4n) is 2.82. The summed E-state index contributed by atoms with van der Waals surface area (Å²) in [6, 6.07) is 19.0. The Labute approximate surface area is 167 Å². The van der Waals surface area contributed by atoms with Crippen LogP contribution >= 0.6 is 35.0 Å². The van der Waals surface area contributed by atoms with E-state index < -0.39 is 10.3 Å². The zero-order chi connectivity index (χ0) is 18.4. The Kier molecular flexibility index (Phi) is 6.52. The molecule has 0 fully saturated rings. The normalized spacial score (nSPS) is 22.8. The minimum atomic E-state index is -0.711. The monoisotopic (exact) mass is 407 g/mol. The molecule has 1 heterocycles. The molecule has 0 aliphatic carbocycles. The lowest BCUT2D eigenvalue weighted by molar-refractivity contribution is 0.198. The molecule has 136 valence electrons. The third-order valence-corrected chi connectivity index (χ3v) is 6.98. The topological polar surface area (TPSA) is 38.3 Å². The van der Waals surface area contributed by atoms with E-state index in [0.29, 0.717) is 18.7 Å². The molecule has 26 heavy (non-hydrogen) atoms. The molecule has 2 aromatic carbocycles. The summed E-state index contributed by atoms with van der Waals surface area (Å²) >= 11 is 14.8. The maximum absolute atomic E-state index is 12.1. The predicted molar refractivity (Wildman–Crippen MR) is 109 cm³/mol. The molecule has 3 atom stereocenters. The van der Waals surface area contributed by atoms with Gasteiger partial charge in [0.1, 0.15) is 9.96 Å². The number of rotatable bonds is 6. The van der Waals surface area contributed by atoms with Crippen LogP contribution in [-0.4, -0.2) is 22.2 Å². The zero-order valence-corrected chi connectivity index (χ0v) is 16.3. The number of para-hydroxylation sites is 1. The van der Waals surface area contributed by atoms with Gasteiger partial charge in [-0.1, -0.05) is 54.6 Å². The van der Waals surface area contributed by atoms with Crippen molar-refractivity contribution >= 4 is 41.1 Å². The van der Waals surface area contributed by atoms with E-state index in [-0.39, 0.29) is 11.3 Å². The van der Waals surface area contributed by atoms with Gasteiger partial charge in [0.2, 0.25) is 0 Å². The molecule has 0 bridgehead atoms. The fourth-order valence-corrected chi connectivity index (χ4v) is 4.70. The van der Waals surface area contributed by atoms with Crippen molar-refractivity contribution in [3.05, 3.63) is 77.7 Å². The van der Waals surface area contributed by atoms with Gasteiger partial charge < -0.3 is 10.1 Å². The lowest BCUT2D eigenvalue weighted by Gasteiger charge is -2.34. The molecule has 1 aliphatic heterocycles. The number of halogens is 2. The van der Waals surface area contributed by atoms with E-state index in [1.807, 2.05) is 60.0 Å². The summed E-state index contributed by atoms with van der Waals surface area (Å²) in [6.07, 6.45) is 2.09. The Morgan fingerprint density at radius 2 is 1.81 bits per heavy atom. The first kappa shape index (κ1) is 19.2. The van der Waals surface area contributed by atoms with Gasteiger partial charge in [0, 0.05) is 12.5 Å². The maximum Gasteiger partial charge on any atom is 0.412 e. The first-order valence-corrected chi connectivity index (χ1v) is 9.99. The van der Waals surface area contributed by atoms with Crippen molar-refractivity contribution in [3.8, 4) is 5.75 Å². The molecular weight excluding hydrogens is 389 g/mol. The van der Waals surface area contributed by atoms with E-state index in [1.54, 1.807) is 12.1 Å². The molecule has 0 saturated heterocycles. The molecule has 6 heteroatoms. The number of carbonyl (C=O) groups is 1. The van der Waals surface area contributed by atoms with Crippen LogP contribution in [0.4, 0.5) is 4.79 Å². The molecule has 0 saturated carbocycles. The molecule has 0 radical (unpaired) electrons. The van der Waals surface area contributed by atoms with Gasteiger partial charge >= 0.3 is 6.09 Å². The van der Waals surface area contributed by atoms with Crippen LogP contribution in [0.15, 0.2) is 72.1 Å². The Morgan fingerprint density at radius 1 is 1.15 bits per heavy atom. The van der Waals surface area contributed by atoms with Gasteiger partial charge in [0.05, 0.1) is 5.38 Å². The van der Waals surface area contributed by atoms with Crippen molar-refractivity contribution in [1.29, 1.82) is 0 Å². The first-order chi connectivity index (χ1) is 12.6. The van der Waals surface area contributed by atoms with Crippen molar-refractivity contribution < 1.29 is 9.53 Å².